The van der Waals surface area contributed by atoms with Gasteiger partial charge in [0.05, 0.1) is 4.90 Å². The van der Waals surface area contributed by atoms with E-state index in [0.29, 0.717) is 9.37 Å². The normalized spacial score (nSPS) is 11.6. The van der Waals surface area contributed by atoms with Gasteiger partial charge in [0.25, 0.3) is 0 Å². The molecule has 0 spiro atoms. The molecule has 0 saturated heterocycles. The summed E-state index contributed by atoms with van der Waals surface area (Å²) >= 11 is 3.20. The van der Waals surface area contributed by atoms with Crippen molar-refractivity contribution < 1.29 is 8.42 Å². The molecule has 0 aromatic heterocycles. The molecule has 1 aromatic carbocycles. The fraction of sp³-hybridized carbons (Fsp3) is 0.250. The Morgan fingerprint density at radius 3 is 2.46 bits per heavy atom. The molecule has 0 atom stereocenters. The predicted octanol–water partition coefficient (Wildman–Crippen LogP) is 1.67. The first-order valence-corrected chi connectivity index (χ1v) is 5.95. The standard InChI is InChI=1S/C8H10BrNO2S/c1-6-4-3-5-7(9)8(6)13(11,12)10-2/h3-5,10H,1-2H3. The number of aryl methyl sites for hydroxylation is 1. The van der Waals surface area contributed by atoms with E-state index in [1.54, 1.807) is 25.1 Å². The van der Waals surface area contributed by atoms with Crippen molar-refractivity contribution in [2.45, 2.75) is 11.8 Å². The van der Waals surface area contributed by atoms with Crippen molar-refractivity contribution >= 4 is 26.0 Å². The molecule has 3 nitrogen and oxygen atoms in total. The Balaban J connectivity index is 3.46. The molecule has 0 amide bonds. The minimum absolute atomic E-state index is 0.303. The summed E-state index contributed by atoms with van der Waals surface area (Å²) in [7, 11) is -1.96. The second-order valence-corrected chi connectivity index (χ2v) is 5.27. The summed E-state index contributed by atoms with van der Waals surface area (Å²) in [4.78, 5) is 0.303. The maximum atomic E-state index is 11.5. The number of hydrogen-bond donors (Lipinski definition) is 1. The van der Waals surface area contributed by atoms with Gasteiger partial charge in [-0.1, -0.05) is 12.1 Å². The summed E-state index contributed by atoms with van der Waals surface area (Å²) in [6, 6.07) is 5.26. The lowest BCUT2D eigenvalue weighted by Gasteiger charge is -2.07. The second kappa shape index (κ2) is 3.77. The number of halogens is 1. The summed E-state index contributed by atoms with van der Waals surface area (Å²) < 4.78 is 25.9. The third-order valence-electron chi connectivity index (χ3n) is 1.70. The number of nitrogens with one attached hydrogen (secondary N) is 1. The van der Waals surface area contributed by atoms with Crippen LogP contribution in [0, 0.1) is 6.92 Å². The monoisotopic (exact) mass is 263 g/mol. The van der Waals surface area contributed by atoms with Gasteiger partial charge in [0.1, 0.15) is 0 Å². The highest BCUT2D eigenvalue weighted by molar-refractivity contribution is 9.10. The Labute approximate surface area is 86.3 Å². The molecule has 0 bridgehead atoms. The van der Waals surface area contributed by atoms with Gasteiger partial charge in [0.2, 0.25) is 10.0 Å². The molecule has 0 aliphatic rings. The maximum absolute atomic E-state index is 11.5. The zero-order chi connectivity index (χ0) is 10.1. The van der Waals surface area contributed by atoms with Crippen LogP contribution < -0.4 is 4.72 Å². The Hall–Kier alpha value is -0.390. The summed E-state index contributed by atoms with van der Waals surface area (Å²) in [5.41, 5.74) is 0.726. The molecular formula is C8H10BrNO2S. The first kappa shape index (κ1) is 10.7. The largest absolute Gasteiger partial charge is 0.241 e. The van der Waals surface area contributed by atoms with Crippen LogP contribution in [0.3, 0.4) is 0 Å². The highest BCUT2D eigenvalue weighted by Crippen LogP contribution is 2.24. The van der Waals surface area contributed by atoms with Gasteiger partial charge in [0, 0.05) is 4.47 Å². The van der Waals surface area contributed by atoms with Crippen LogP contribution in [-0.4, -0.2) is 15.5 Å². The van der Waals surface area contributed by atoms with E-state index in [1.807, 2.05) is 0 Å². The molecule has 0 aliphatic carbocycles. The fourth-order valence-electron chi connectivity index (χ4n) is 1.06. The Kier molecular flexibility index (Phi) is 3.10. The number of rotatable bonds is 2. The second-order valence-electron chi connectivity index (χ2n) is 2.59. The molecule has 72 valence electrons. The van der Waals surface area contributed by atoms with Gasteiger partial charge >= 0.3 is 0 Å². The van der Waals surface area contributed by atoms with E-state index in [1.165, 1.54) is 7.05 Å². The van der Waals surface area contributed by atoms with Crippen LogP contribution in [-0.2, 0) is 10.0 Å². The predicted molar refractivity (Wildman–Crippen MR) is 55.1 cm³/mol. The number of sulfonamides is 1. The molecule has 13 heavy (non-hydrogen) atoms. The van der Waals surface area contributed by atoms with Crippen molar-refractivity contribution in [2.24, 2.45) is 0 Å². The molecule has 0 aliphatic heterocycles. The Morgan fingerprint density at radius 1 is 1.38 bits per heavy atom. The third kappa shape index (κ3) is 2.10. The molecular weight excluding hydrogens is 254 g/mol. The van der Waals surface area contributed by atoms with Crippen molar-refractivity contribution in [3.05, 3.63) is 28.2 Å². The zero-order valence-corrected chi connectivity index (χ0v) is 9.74. The smallest absolute Gasteiger partial charge is 0.214 e. The molecule has 0 unspecified atom stereocenters. The van der Waals surface area contributed by atoms with Crippen molar-refractivity contribution in [3.8, 4) is 0 Å². The lowest BCUT2D eigenvalue weighted by molar-refractivity contribution is 0.587. The van der Waals surface area contributed by atoms with Gasteiger partial charge in [-0.05, 0) is 41.5 Å². The van der Waals surface area contributed by atoms with Gasteiger partial charge in [0.15, 0.2) is 0 Å². The lowest BCUT2D eigenvalue weighted by atomic mass is 10.2. The summed E-state index contributed by atoms with van der Waals surface area (Å²) in [5.74, 6) is 0. The first-order chi connectivity index (χ1) is 5.99. The van der Waals surface area contributed by atoms with Gasteiger partial charge in [-0.3, -0.25) is 0 Å². The van der Waals surface area contributed by atoms with Gasteiger partial charge in [-0.2, -0.15) is 0 Å². The fourth-order valence-corrected chi connectivity index (χ4v) is 3.18. The van der Waals surface area contributed by atoms with Gasteiger partial charge in [-0.15, -0.1) is 0 Å². The van der Waals surface area contributed by atoms with E-state index in [0.717, 1.165) is 5.56 Å². The maximum Gasteiger partial charge on any atom is 0.241 e. The number of benzene rings is 1. The zero-order valence-electron chi connectivity index (χ0n) is 7.33. The topological polar surface area (TPSA) is 46.2 Å². The van der Waals surface area contributed by atoms with Crippen molar-refractivity contribution in [1.29, 1.82) is 0 Å². The number of hydrogen-bond acceptors (Lipinski definition) is 2. The average molecular weight is 264 g/mol. The van der Waals surface area contributed by atoms with Crippen LogP contribution >= 0.6 is 15.9 Å². The van der Waals surface area contributed by atoms with Crippen LogP contribution in [0.4, 0.5) is 0 Å². The van der Waals surface area contributed by atoms with E-state index in [2.05, 4.69) is 20.7 Å². The molecule has 0 heterocycles. The molecule has 1 rings (SSSR count). The minimum Gasteiger partial charge on any atom is -0.214 e. The minimum atomic E-state index is -3.36. The van der Waals surface area contributed by atoms with E-state index in [-0.39, 0.29) is 0 Å². The van der Waals surface area contributed by atoms with Crippen LogP contribution in [0.15, 0.2) is 27.6 Å². The molecule has 5 heteroatoms. The molecule has 0 saturated carbocycles. The van der Waals surface area contributed by atoms with Crippen LogP contribution in [0.5, 0.6) is 0 Å². The summed E-state index contributed by atoms with van der Waals surface area (Å²) in [6.07, 6.45) is 0. The summed E-state index contributed by atoms with van der Waals surface area (Å²) in [5, 5.41) is 0. The lowest BCUT2D eigenvalue weighted by Crippen LogP contribution is -2.20. The summed E-state index contributed by atoms with van der Waals surface area (Å²) in [6.45, 7) is 1.76. The van der Waals surface area contributed by atoms with Crippen LogP contribution in [0.25, 0.3) is 0 Å². The highest BCUT2D eigenvalue weighted by Gasteiger charge is 2.17. The van der Waals surface area contributed by atoms with E-state index in [4.69, 9.17) is 0 Å². The Morgan fingerprint density at radius 2 is 2.00 bits per heavy atom. The van der Waals surface area contributed by atoms with Gasteiger partial charge < -0.3 is 0 Å². The Bertz CT molecular complexity index is 394. The highest BCUT2D eigenvalue weighted by atomic mass is 79.9. The molecule has 1 aromatic rings. The van der Waals surface area contributed by atoms with Crippen LogP contribution in [0.2, 0.25) is 0 Å². The molecule has 1 N–H and O–H groups in total. The third-order valence-corrected chi connectivity index (χ3v) is 4.24. The molecule has 0 fully saturated rings. The van der Waals surface area contributed by atoms with Crippen LogP contribution in [0.1, 0.15) is 5.56 Å². The average Bonchev–Trinajstić information content (AvgIpc) is 2.03. The quantitative estimate of drug-likeness (QED) is 0.883. The van der Waals surface area contributed by atoms with Gasteiger partial charge in [-0.25, -0.2) is 13.1 Å². The first-order valence-electron chi connectivity index (χ1n) is 3.67. The van der Waals surface area contributed by atoms with Crippen molar-refractivity contribution in [1.82, 2.24) is 4.72 Å². The SMILES string of the molecule is CNS(=O)(=O)c1c(C)cccc1Br. The van der Waals surface area contributed by atoms with E-state index >= 15 is 0 Å². The van der Waals surface area contributed by atoms with Crippen molar-refractivity contribution in [2.75, 3.05) is 7.05 Å². The van der Waals surface area contributed by atoms with E-state index < -0.39 is 10.0 Å². The van der Waals surface area contributed by atoms with Crippen molar-refractivity contribution in [3.63, 3.8) is 0 Å². The van der Waals surface area contributed by atoms with E-state index in [9.17, 15) is 8.42 Å². The molecule has 0 radical (unpaired) electrons.